The number of nitrogens with zero attached hydrogens (tertiary/aromatic N) is 3. The molecule has 0 aliphatic carbocycles. The zero-order valence-corrected chi connectivity index (χ0v) is 15.7. The molecule has 0 spiro atoms. The van der Waals surface area contributed by atoms with Gasteiger partial charge in [-0.2, -0.15) is 0 Å². The van der Waals surface area contributed by atoms with Gasteiger partial charge >= 0.3 is 6.03 Å². The second-order valence-corrected chi connectivity index (χ2v) is 7.99. The number of imide groups is 1. The third-order valence-electron chi connectivity index (χ3n) is 3.08. The van der Waals surface area contributed by atoms with Gasteiger partial charge in [-0.3, -0.25) is 9.69 Å². The number of rotatable bonds is 3. The van der Waals surface area contributed by atoms with E-state index in [1.165, 1.54) is 25.2 Å². The van der Waals surface area contributed by atoms with Crippen LogP contribution < -0.4 is 4.90 Å². The smallest absolute Gasteiger partial charge is 0.265 e. The summed E-state index contributed by atoms with van der Waals surface area (Å²) in [5.41, 5.74) is -1.52. The zero-order valence-electron chi connectivity index (χ0n) is 11.9. The van der Waals surface area contributed by atoms with E-state index >= 15 is 0 Å². The Kier molecular flexibility index (Phi) is 5.87. The van der Waals surface area contributed by atoms with Gasteiger partial charge in [0, 0.05) is 7.05 Å². The van der Waals surface area contributed by atoms with Gasteiger partial charge in [-0.05, 0) is 12.1 Å². The van der Waals surface area contributed by atoms with Crippen molar-refractivity contribution in [2.75, 3.05) is 11.9 Å². The van der Waals surface area contributed by atoms with Crippen LogP contribution >= 0.6 is 58.0 Å². The molecular weight excluding hydrogens is 426 g/mol. The molecule has 130 valence electrons. The van der Waals surface area contributed by atoms with E-state index in [9.17, 15) is 14.0 Å². The molecule has 2 rings (SSSR count). The molecule has 5 nitrogen and oxygen atoms in total. The second-order valence-electron chi connectivity index (χ2n) is 4.70. The first-order valence-corrected chi connectivity index (χ1v) is 8.35. The summed E-state index contributed by atoms with van der Waals surface area (Å²) >= 11 is 28.8. The van der Waals surface area contributed by atoms with Gasteiger partial charge in [0.05, 0.1) is 5.69 Å². The zero-order chi connectivity index (χ0) is 18.2. The minimum absolute atomic E-state index is 0.164. The van der Waals surface area contributed by atoms with Crippen molar-refractivity contribution in [3.63, 3.8) is 0 Å². The normalized spacial score (nSPS) is 20.0. The summed E-state index contributed by atoms with van der Waals surface area (Å²) < 4.78 is 12.1. The van der Waals surface area contributed by atoms with E-state index in [0.29, 0.717) is 0 Å². The number of hydrogen-bond donors (Lipinski definition) is 0. The largest absolute Gasteiger partial charge is 0.337 e. The van der Waals surface area contributed by atoms with Crippen LogP contribution in [0.3, 0.4) is 0 Å². The molecule has 0 bridgehead atoms. The Bertz CT molecular complexity index is 709. The summed E-state index contributed by atoms with van der Waals surface area (Å²) in [5.74, 6) is -1.94. The number of benzene rings is 1. The number of urea groups is 1. The second kappa shape index (κ2) is 7.22. The summed E-state index contributed by atoms with van der Waals surface area (Å²) in [5, 5.41) is -1.30. The number of carbonyl (C=O) groups excluding carboxylic acids is 2. The van der Waals surface area contributed by atoms with Crippen molar-refractivity contribution < 1.29 is 14.0 Å². The highest BCUT2D eigenvalue weighted by Crippen LogP contribution is 2.38. The topological polar surface area (TPSA) is 53.0 Å². The van der Waals surface area contributed by atoms with Crippen molar-refractivity contribution >= 4 is 81.5 Å². The summed E-state index contributed by atoms with van der Waals surface area (Å²) in [6, 6.07) is 4.57. The number of anilines is 1. The average Bonchev–Trinajstić information content (AvgIpc) is 2.71. The molecule has 1 heterocycles. The lowest BCUT2D eigenvalue weighted by molar-refractivity contribution is -0.119. The third kappa shape index (κ3) is 3.73. The summed E-state index contributed by atoms with van der Waals surface area (Å²) in [4.78, 5) is 29.9. The maximum atomic E-state index is 14.0. The molecule has 0 saturated carbocycles. The number of aliphatic imine (C=N–C) groups is 1. The molecule has 1 aromatic rings. The van der Waals surface area contributed by atoms with Crippen LogP contribution in [0.4, 0.5) is 14.9 Å². The van der Waals surface area contributed by atoms with Gasteiger partial charge in [0.1, 0.15) is 16.7 Å². The van der Waals surface area contributed by atoms with Crippen LogP contribution in [0.2, 0.25) is 0 Å². The molecular formula is C13H9Cl5FN3O2. The average molecular weight is 435 g/mol. The van der Waals surface area contributed by atoms with E-state index in [4.69, 9.17) is 58.0 Å². The number of amides is 3. The standard InChI is InChI=1S/C13H9Cl5FN3O2/c1-21-11(23)10(20-9(15)8(14)13(16,17)18)22(12(21)24)7-5-3-2-4-6(7)19/h2-5,8-9H,1H3. The molecule has 1 aromatic carbocycles. The molecule has 0 radical (unpaired) electrons. The molecule has 24 heavy (non-hydrogen) atoms. The number of halogens is 6. The van der Waals surface area contributed by atoms with Gasteiger partial charge in [-0.1, -0.05) is 58.5 Å². The summed E-state index contributed by atoms with van der Waals surface area (Å²) in [6.45, 7) is 0. The van der Waals surface area contributed by atoms with Gasteiger partial charge in [0.25, 0.3) is 5.91 Å². The minimum Gasteiger partial charge on any atom is -0.265 e. The lowest BCUT2D eigenvalue weighted by atomic mass is 10.3. The van der Waals surface area contributed by atoms with Gasteiger partial charge in [0.15, 0.2) is 0 Å². The molecule has 2 atom stereocenters. The Morgan fingerprint density at radius 1 is 1.17 bits per heavy atom. The predicted octanol–water partition coefficient (Wildman–Crippen LogP) is 4.17. The van der Waals surface area contributed by atoms with Crippen LogP contribution in [0.25, 0.3) is 0 Å². The molecule has 1 aliphatic rings. The Hall–Kier alpha value is -0.790. The van der Waals surface area contributed by atoms with Crippen molar-refractivity contribution in [3.05, 3.63) is 30.1 Å². The van der Waals surface area contributed by atoms with Crippen molar-refractivity contribution in [1.82, 2.24) is 4.90 Å². The Morgan fingerprint density at radius 2 is 1.75 bits per heavy atom. The number of likely N-dealkylation sites (N-methyl/N-ethyl adjacent to an activating group) is 1. The van der Waals surface area contributed by atoms with Crippen molar-refractivity contribution in [2.24, 2.45) is 4.99 Å². The number of hydrogen-bond acceptors (Lipinski definition) is 3. The van der Waals surface area contributed by atoms with Gasteiger partial charge in [0.2, 0.25) is 9.63 Å². The van der Waals surface area contributed by atoms with E-state index in [1.54, 1.807) is 0 Å². The molecule has 2 unspecified atom stereocenters. The summed E-state index contributed by atoms with van der Waals surface area (Å²) in [7, 11) is 1.22. The molecule has 1 aliphatic heterocycles. The van der Waals surface area contributed by atoms with Crippen LogP contribution in [0.5, 0.6) is 0 Å². The van der Waals surface area contributed by atoms with Gasteiger partial charge < -0.3 is 0 Å². The molecule has 11 heteroatoms. The van der Waals surface area contributed by atoms with Gasteiger partial charge in [-0.25, -0.2) is 19.1 Å². The maximum Gasteiger partial charge on any atom is 0.337 e. The van der Waals surface area contributed by atoms with Crippen LogP contribution in [0.15, 0.2) is 29.3 Å². The van der Waals surface area contributed by atoms with E-state index in [0.717, 1.165) is 15.9 Å². The Morgan fingerprint density at radius 3 is 2.29 bits per heavy atom. The fourth-order valence-corrected chi connectivity index (χ4v) is 2.76. The quantitative estimate of drug-likeness (QED) is 0.407. The molecule has 1 fully saturated rings. The van der Waals surface area contributed by atoms with Gasteiger partial charge in [-0.15, -0.1) is 11.6 Å². The van der Waals surface area contributed by atoms with E-state index in [-0.39, 0.29) is 5.69 Å². The highest BCUT2D eigenvalue weighted by Gasteiger charge is 2.44. The van der Waals surface area contributed by atoms with E-state index < -0.39 is 38.3 Å². The van der Waals surface area contributed by atoms with E-state index in [1.807, 2.05) is 0 Å². The number of alkyl halides is 5. The van der Waals surface area contributed by atoms with Crippen molar-refractivity contribution in [1.29, 1.82) is 0 Å². The van der Waals surface area contributed by atoms with E-state index in [2.05, 4.69) is 4.99 Å². The minimum atomic E-state index is -1.96. The monoisotopic (exact) mass is 433 g/mol. The highest BCUT2D eigenvalue weighted by molar-refractivity contribution is 6.70. The molecule has 0 aromatic heterocycles. The lowest BCUT2D eigenvalue weighted by Crippen LogP contribution is -2.35. The predicted molar refractivity (Wildman–Crippen MR) is 94.1 cm³/mol. The maximum absolute atomic E-state index is 14.0. The molecule has 3 amide bonds. The number of carbonyl (C=O) groups is 2. The van der Waals surface area contributed by atoms with Crippen LogP contribution in [0, 0.1) is 5.82 Å². The molecule has 1 saturated heterocycles. The van der Waals surface area contributed by atoms with Crippen LogP contribution in [0.1, 0.15) is 0 Å². The lowest BCUT2D eigenvalue weighted by Gasteiger charge is -2.21. The summed E-state index contributed by atoms with van der Waals surface area (Å²) in [6.07, 6.45) is 0. The SMILES string of the molecule is CN1C(=O)C(=NC(Cl)C(Cl)C(Cl)(Cl)Cl)N(c2ccccc2F)C1=O. The first kappa shape index (κ1) is 19.5. The Labute approximate surface area is 161 Å². The van der Waals surface area contributed by atoms with Crippen LogP contribution in [-0.2, 0) is 4.79 Å². The first-order chi connectivity index (χ1) is 11.1. The fourth-order valence-electron chi connectivity index (χ4n) is 1.87. The highest BCUT2D eigenvalue weighted by atomic mass is 35.6. The number of para-hydroxylation sites is 1. The van der Waals surface area contributed by atoms with Crippen LogP contribution in [-0.4, -0.2) is 44.4 Å². The third-order valence-corrected chi connectivity index (χ3v) is 5.16. The fraction of sp³-hybridized carbons (Fsp3) is 0.308. The van der Waals surface area contributed by atoms with Crippen molar-refractivity contribution in [3.8, 4) is 0 Å². The first-order valence-electron chi connectivity index (χ1n) is 6.35. The van der Waals surface area contributed by atoms with Crippen molar-refractivity contribution in [2.45, 2.75) is 14.7 Å². The Balaban J connectivity index is 2.49. The number of amidine groups is 1. The molecule has 0 N–H and O–H groups in total.